The number of ketones is 1. The molecular weight excluding hydrogens is 188 g/mol. The van der Waals surface area contributed by atoms with E-state index in [1.165, 1.54) is 0 Å². The summed E-state index contributed by atoms with van der Waals surface area (Å²) in [6, 6.07) is 7.65. The van der Waals surface area contributed by atoms with Crippen LogP contribution in [0.1, 0.15) is 36.2 Å². The first-order valence-electron chi connectivity index (χ1n) is 5.16. The third-order valence-corrected chi connectivity index (χ3v) is 3.41. The Morgan fingerprint density at radius 3 is 2.60 bits per heavy atom. The molecule has 1 aromatic rings. The Bertz CT molecular complexity index is 418. The van der Waals surface area contributed by atoms with E-state index < -0.39 is 0 Å². The van der Waals surface area contributed by atoms with Crippen LogP contribution in [0.2, 0.25) is 0 Å². The Labute approximate surface area is 89.3 Å². The molecule has 0 bridgehead atoms. The molecule has 1 aromatic carbocycles. The van der Waals surface area contributed by atoms with Gasteiger partial charge in [0.25, 0.3) is 0 Å². The lowest BCUT2D eigenvalue weighted by atomic mass is 9.77. The Morgan fingerprint density at radius 1 is 1.33 bits per heavy atom. The Hall–Kier alpha value is -1.44. The quantitative estimate of drug-likeness (QED) is 0.690. The first kappa shape index (κ1) is 10.1. The molecule has 1 aliphatic carbocycles. The molecule has 1 aliphatic rings. The van der Waals surface area contributed by atoms with Crippen molar-refractivity contribution in [2.45, 2.75) is 25.7 Å². The number of Topliss-reactive ketones (excluding diaryl/α,β-unsaturated/α-hetero) is 1. The van der Waals surface area contributed by atoms with Gasteiger partial charge in [0, 0.05) is 23.3 Å². The van der Waals surface area contributed by atoms with Crippen molar-refractivity contribution in [2.24, 2.45) is 5.92 Å². The third-order valence-electron chi connectivity index (χ3n) is 3.41. The molecule has 2 nitrogen and oxygen atoms in total. The molecule has 0 aromatic heterocycles. The number of carbonyl (C=O) groups is 2. The highest BCUT2D eigenvalue weighted by atomic mass is 16.1. The Kier molecular flexibility index (Phi) is 2.22. The second kappa shape index (κ2) is 3.30. The second-order valence-electron chi connectivity index (χ2n) is 4.59. The third kappa shape index (κ3) is 1.32. The van der Waals surface area contributed by atoms with E-state index in [4.69, 9.17) is 0 Å². The molecule has 0 heterocycles. The highest BCUT2D eigenvalue weighted by Crippen LogP contribution is 2.43. The van der Waals surface area contributed by atoms with Gasteiger partial charge in [0.15, 0.2) is 5.78 Å². The molecule has 0 amide bonds. The summed E-state index contributed by atoms with van der Waals surface area (Å²) < 4.78 is 0. The van der Waals surface area contributed by atoms with Gasteiger partial charge in [0.1, 0.15) is 6.29 Å². The molecule has 0 N–H and O–H groups in total. The SMILES string of the molecule is CC1(C)c2ccccc2C(=O)C1CC=O. The van der Waals surface area contributed by atoms with Crippen LogP contribution in [0.25, 0.3) is 0 Å². The number of benzene rings is 1. The molecule has 0 fully saturated rings. The van der Waals surface area contributed by atoms with Crippen LogP contribution in [0.3, 0.4) is 0 Å². The molecule has 78 valence electrons. The first-order valence-corrected chi connectivity index (χ1v) is 5.16. The smallest absolute Gasteiger partial charge is 0.167 e. The number of hydrogen-bond acceptors (Lipinski definition) is 2. The minimum atomic E-state index is -0.214. The van der Waals surface area contributed by atoms with Crippen molar-refractivity contribution in [3.05, 3.63) is 35.4 Å². The fourth-order valence-corrected chi connectivity index (χ4v) is 2.46. The van der Waals surface area contributed by atoms with Crippen LogP contribution in [0.5, 0.6) is 0 Å². The molecule has 1 atom stereocenters. The van der Waals surface area contributed by atoms with Gasteiger partial charge in [-0.25, -0.2) is 0 Å². The van der Waals surface area contributed by atoms with Gasteiger partial charge in [-0.1, -0.05) is 38.1 Å². The lowest BCUT2D eigenvalue weighted by Crippen LogP contribution is -2.27. The summed E-state index contributed by atoms with van der Waals surface area (Å²) in [5, 5.41) is 0. The standard InChI is InChI=1S/C13H14O2/c1-13(2)10-6-4-3-5-9(10)12(15)11(13)7-8-14/h3-6,8,11H,7H2,1-2H3. The largest absolute Gasteiger partial charge is 0.303 e. The summed E-state index contributed by atoms with van der Waals surface area (Å²) in [5.74, 6) is -0.0740. The summed E-state index contributed by atoms with van der Waals surface area (Å²) in [7, 11) is 0. The molecule has 15 heavy (non-hydrogen) atoms. The van der Waals surface area contributed by atoms with E-state index in [0.29, 0.717) is 6.42 Å². The first-order chi connectivity index (χ1) is 7.09. The topological polar surface area (TPSA) is 34.1 Å². The Morgan fingerprint density at radius 2 is 2.00 bits per heavy atom. The maximum atomic E-state index is 12.0. The van der Waals surface area contributed by atoms with Crippen molar-refractivity contribution in [1.82, 2.24) is 0 Å². The normalized spacial score (nSPS) is 22.5. The van der Waals surface area contributed by atoms with Crippen molar-refractivity contribution in [3.63, 3.8) is 0 Å². The zero-order chi connectivity index (χ0) is 11.1. The predicted octanol–water partition coefficient (Wildman–Crippen LogP) is 2.37. The van der Waals surface area contributed by atoms with Crippen LogP contribution in [-0.4, -0.2) is 12.1 Å². The van der Waals surface area contributed by atoms with Gasteiger partial charge in [-0.05, 0) is 5.56 Å². The monoisotopic (exact) mass is 202 g/mol. The molecule has 2 rings (SSSR count). The van der Waals surface area contributed by atoms with Gasteiger partial charge in [0.05, 0.1) is 0 Å². The Balaban J connectivity index is 2.54. The second-order valence-corrected chi connectivity index (χ2v) is 4.59. The van der Waals surface area contributed by atoms with E-state index in [1.807, 2.05) is 38.1 Å². The van der Waals surface area contributed by atoms with Gasteiger partial charge >= 0.3 is 0 Å². The lowest BCUT2D eigenvalue weighted by molar-refractivity contribution is -0.108. The number of carbonyl (C=O) groups excluding carboxylic acids is 2. The molecule has 0 aliphatic heterocycles. The van der Waals surface area contributed by atoms with Crippen LogP contribution in [0.15, 0.2) is 24.3 Å². The van der Waals surface area contributed by atoms with E-state index >= 15 is 0 Å². The maximum Gasteiger partial charge on any atom is 0.167 e. The van der Waals surface area contributed by atoms with Crippen molar-refractivity contribution in [3.8, 4) is 0 Å². The van der Waals surface area contributed by atoms with E-state index in [2.05, 4.69) is 0 Å². The zero-order valence-corrected chi connectivity index (χ0v) is 8.99. The van der Waals surface area contributed by atoms with E-state index in [9.17, 15) is 9.59 Å². The predicted molar refractivity (Wildman–Crippen MR) is 58.0 cm³/mol. The molecule has 0 spiro atoms. The van der Waals surface area contributed by atoms with Crippen LogP contribution in [0, 0.1) is 5.92 Å². The van der Waals surface area contributed by atoms with Crippen molar-refractivity contribution in [1.29, 1.82) is 0 Å². The summed E-state index contributed by atoms with van der Waals surface area (Å²) in [6.45, 7) is 4.07. The molecule has 1 unspecified atom stereocenters. The molecule has 0 saturated heterocycles. The number of hydrogen-bond donors (Lipinski definition) is 0. The highest BCUT2D eigenvalue weighted by Gasteiger charge is 2.44. The summed E-state index contributed by atoms with van der Waals surface area (Å²) in [5.41, 5.74) is 1.64. The van der Waals surface area contributed by atoms with Crippen molar-refractivity contribution in [2.75, 3.05) is 0 Å². The van der Waals surface area contributed by atoms with Gasteiger partial charge in [-0.15, -0.1) is 0 Å². The average Bonchev–Trinajstić information content (AvgIpc) is 2.41. The molecule has 0 radical (unpaired) electrons. The van der Waals surface area contributed by atoms with Crippen LogP contribution >= 0.6 is 0 Å². The van der Waals surface area contributed by atoms with Crippen LogP contribution in [-0.2, 0) is 10.2 Å². The van der Waals surface area contributed by atoms with Gasteiger partial charge in [0.2, 0.25) is 0 Å². The summed E-state index contributed by atoms with van der Waals surface area (Å²) in [4.78, 5) is 22.6. The summed E-state index contributed by atoms with van der Waals surface area (Å²) in [6.07, 6.45) is 1.16. The maximum absolute atomic E-state index is 12.0. The zero-order valence-electron chi connectivity index (χ0n) is 8.99. The van der Waals surface area contributed by atoms with Gasteiger partial charge in [-0.2, -0.15) is 0 Å². The molecular formula is C13H14O2. The average molecular weight is 202 g/mol. The van der Waals surface area contributed by atoms with E-state index in [1.54, 1.807) is 0 Å². The number of fused-ring (bicyclic) bond motifs is 1. The number of rotatable bonds is 2. The number of aldehydes is 1. The molecule has 2 heteroatoms. The minimum absolute atomic E-state index is 0.114. The fraction of sp³-hybridized carbons (Fsp3) is 0.385. The van der Waals surface area contributed by atoms with Crippen molar-refractivity contribution < 1.29 is 9.59 Å². The minimum Gasteiger partial charge on any atom is -0.303 e. The highest BCUT2D eigenvalue weighted by molar-refractivity contribution is 6.04. The fourth-order valence-electron chi connectivity index (χ4n) is 2.46. The van der Waals surface area contributed by atoms with Gasteiger partial charge in [-0.3, -0.25) is 4.79 Å². The van der Waals surface area contributed by atoms with Crippen molar-refractivity contribution >= 4 is 12.1 Å². The van der Waals surface area contributed by atoms with Crippen LogP contribution < -0.4 is 0 Å². The lowest BCUT2D eigenvalue weighted by Gasteiger charge is -2.25. The van der Waals surface area contributed by atoms with Gasteiger partial charge < -0.3 is 4.79 Å². The summed E-state index contributed by atoms with van der Waals surface area (Å²) >= 11 is 0. The van der Waals surface area contributed by atoms with E-state index in [0.717, 1.165) is 17.4 Å². The van der Waals surface area contributed by atoms with Crippen LogP contribution in [0.4, 0.5) is 0 Å². The molecule has 0 saturated carbocycles. The van der Waals surface area contributed by atoms with E-state index in [-0.39, 0.29) is 17.1 Å².